The van der Waals surface area contributed by atoms with E-state index in [1.54, 1.807) is 12.1 Å². The highest BCUT2D eigenvalue weighted by Crippen LogP contribution is 2.04. The molecule has 0 aliphatic carbocycles. The van der Waals surface area contributed by atoms with E-state index in [1.165, 1.54) is 12.1 Å². The lowest BCUT2D eigenvalue weighted by Gasteiger charge is -1.97. The summed E-state index contributed by atoms with van der Waals surface area (Å²) in [4.78, 5) is 4.62. The molecule has 0 saturated heterocycles. The summed E-state index contributed by atoms with van der Waals surface area (Å²) in [6.07, 6.45) is 0. The standard InChI is InChI=1S/C8H8FNO/c1-10-11-6-7-3-2-4-8(9)5-7/h2-5H,1,6H2. The van der Waals surface area contributed by atoms with Gasteiger partial charge in [0.1, 0.15) is 12.4 Å². The first-order valence-corrected chi connectivity index (χ1v) is 3.15. The molecule has 0 heterocycles. The van der Waals surface area contributed by atoms with Gasteiger partial charge >= 0.3 is 0 Å². The molecule has 0 unspecified atom stereocenters. The van der Waals surface area contributed by atoms with E-state index in [2.05, 4.69) is 16.7 Å². The SMILES string of the molecule is C=NOCc1cccc(F)c1. The predicted molar refractivity (Wildman–Crippen MR) is 40.7 cm³/mol. The molecule has 0 aromatic heterocycles. The van der Waals surface area contributed by atoms with Crippen molar-refractivity contribution in [2.24, 2.45) is 5.16 Å². The van der Waals surface area contributed by atoms with Crippen molar-refractivity contribution in [3.8, 4) is 0 Å². The van der Waals surface area contributed by atoms with Crippen LogP contribution in [0.4, 0.5) is 4.39 Å². The predicted octanol–water partition coefficient (Wildman–Crippen LogP) is 1.96. The van der Waals surface area contributed by atoms with E-state index in [-0.39, 0.29) is 12.4 Å². The average molecular weight is 153 g/mol. The Balaban J connectivity index is 2.63. The van der Waals surface area contributed by atoms with Crippen LogP contribution in [0.3, 0.4) is 0 Å². The van der Waals surface area contributed by atoms with Crippen molar-refractivity contribution < 1.29 is 9.23 Å². The topological polar surface area (TPSA) is 21.6 Å². The van der Waals surface area contributed by atoms with Gasteiger partial charge in [-0.05, 0) is 17.7 Å². The Morgan fingerprint density at radius 3 is 3.00 bits per heavy atom. The van der Waals surface area contributed by atoms with Gasteiger partial charge in [0, 0.05) is 6.72 Å². The first-order chi connectivity index (χ1) is 5.33. The normalized spacial score (nSPS) is 9.18. The van der Waals surface area contributed by atoms with Crippen LogP contribution in [0, 0.1) is 5.82 Å². The highest BCUT2D eigenvalue weighted by atomic mass is 19.1. The molecule has 0 N–H and O–H groups in total. The van der Waals surface area contributed by atoms with Crippen LogP contribution in [0.1, 0.15) is 5.56 Å². The van der Waals surface area contributed by atoms with Crippen molar-refractivity contribution in [2.45, 2.75) is 6.61 Å². The summed E-state index contributed by atoms with van der Waals surface area (Å²) < 4.78 is 12.5. The average Bonchev–Trinajstić information content (AvgIpc) is 2.01. The molecule has 2 nitrogen and oxygen atoms in total. The Kier molecular flexibility index (Phi) is 2.60. The Hall–Kier alpha value is -1.38. The fourth-order valence-corrected chi connectivity index (χ4v) is 0.747. The molecule has 0 bridgehead atoms. The Labute approximate surface area is 64.3 Å². The van der Waals surface area contributed by atoms with Crippen LogP contribution in [0.2, 0.25) is 0 Å². The number of hydrogen-bond donors (Lipinski definition) is 0. The smallest absolute Gasteiger partial charge is 0.142 e. The van der Waals surface area contributed by atoms with Crippen molar-refractivity contribution in [3.05, 3.63) is 35.6 Å². The fraction of sp³-hybridized carbons (Fsp3) is 0.125. The molecule has 0 atom stereocenters. The second-order valence-electron chi connectivity index (χ2n) is 2.03. The van der Waals surface area contributed by atoms with E-state index in [9.17, 15) is 4.39 Å². The van der Waals surface area contributed by atoms with Gasteiger partial charge in [0.05, 0.1) is 0 Å². The van der Waals surface area contributed by atoms with Crippen LogP contribution in [0.15, 0.2) is 29.4 Å². The van der Waals surface area contributed by atoms with E-state index in [4.69, 9.17) is 0 Å². The lowest BCUT2D eigenvalue weighted by Crippen LogP contribution is -1.86. The number of hydrogen-bond acceptors (Lipinski definition) is 2. The minimum Gasteiger partial charge on any atom is -0.391 e. The monoisotopic (exact) mass is 153 g/mol. The van der Waals surface area contributed by atoms with E-state index >= 15 is 0 Å². The van der Waals surface area contributed by atoms with Crippen molar-refractivity contribution in [3.63, 3.8) is 0 Å². The zero-order chi connectivity index (χ0) is 8.10. The highest BCUT2D eigenvalue weighted by Gasteiger charge is 1.93. The third-order valence-corrected chi connectivity index (χ3v) is 1.21. The van der Waals surface area contributed by atoms with Gasteiger partial charge < -0.3 is 4.84 Å². The van der Waals surface area contributed by atoms with E-state index in [0.29, 0.717) is 0 Å². The maximum absolute atomic E-state index is 12.5. The van der Waals surface area contributed by atoms with Gasteiger partial charge in [-0.3, -0.25) is 0 Å². The number of halogens is 1. The lowest BCUT2D eigenvalue weighted by atomic mass is 10.2. The third kappa shape index (κ3) is 2.37. The molecule has 0 fully saturated rings. The number of rotatable bonds is 3. The largest absolute Gasteiger partial charge is 0.391 e. The number of oxime groups is 1. The van der Waals surface area contributed by atoms with E-state index in [0.717, 1.165) is 5.56 Å². The quantitative estimate of drug-likeness (QED) is 0.480. The summed E-state index contributed by atoms with van der Waals surface area (Å²) in [6, 6.07) is 6.15. The van der Waals surface area contributed by atoms with Gasteiger partial charge in [0.25, 0.3) is 0 Å². The second-order valence-corrected chi connectivity index (χ2v) is 2.03. The van der Waals surface area contributed by atoms with Crippen LogP contribution in [0.25, 0.3) is 0 Å². The Morgan fingerprint density at radius 1 is 1.55 bits per heavy atom. The van der Waals surface area contributed by atoms with Gasteiger partial charge in [-0.25, -0.2) is 4.39 Å². The minimum atomic E-state index is -0.268. The molecule has 11 heavy (non-hydrogen) atoms. The zero-order valence-electron chi connectivity index (χ0n) is 5.96. The molecule has 0 saturated carbocycles. The first-order valence-electron chi connectivity index (χ1n) is 3.15. The van der Waals surface area contributed by atoms with Gasteiger partial charge in [-0.1, -0.05) is 12.1 Å². The molecule has 1 rings (SSSR count). The molecule has 1 aromatic rings. The molecular formula is C8H8FNO. The molecular weight excluding hydrogens is 145 g/mol. The third-order valence-electron chi connectivity index (χ3n) is 1.21. The summed E-state index contributed by atoms with van der Waals surface area (Å²) in [6.45, 7) is 3.40. The van der Waals surface area contributed by atoms with Gasteiger partial charge in [0.15, 0.2) is 0 Å². The molecule has 1 aromatic carbocycles. The highest BCUT2D eigenvalue weighted by molar-refractivity contribution is 5.21. The van der Waals surface area contributed by atoms with Crippen LogP contribution in [-0.2, 0) is 11.4 Å². The van der Waals surface area contributed by atoms with E-state index < -0.39 is 0 Å². The fourth-order valence-electron chi connectivity index (χ4n) is 0.747. The number of nitrogens with zero attached hydrogens (tertiary/aromatic N) is 1. The Bertz CT molecular complexity index is 250. The summed E-state index contributed by atoms with van der Waals surface area (Å²) in [5.41, 5.74) is 0.748. The van der Waals surface area contributed by atoms with Crippen molar-refractivity contribution in [1.82, 2.24) is 0 Å². The van der Waals surface area contributed by atoms with Gasteiger partial charge in [0.2, 0.25) is 0 Å². The molecule has 58 valence electrons. The molecule has 0 aliphatic rings. The van der Waals surface area contributed by atoms with Crippen LogP contribution >= 0.6 is 0 Å². The van der Waals surface area contributed by atoms with Crippen LogP contribution < -0.4 is 0 Å². The van der Waals surface area contributed by atoms with Crippen molar-refractivity contribution in [1.29, 1.82) is 0 Å². The van der Waals surface area contributed by atoms with E-state index in [1.807, 2.05) is 0 Å². The van der Waals surface area contributed by atoms with Crippen molar-refractivity contribution in [2.75, 3.05) is 0 Å². The second kappa shape index (κ2) is 3.71. The van der Waals surface area contributed by atoms with Gasteiger partial charge in [-0.15, -0.1) is 5.16 Å². The molecule has 0 amide bonds. The summed E-state index contributed by atoms with van der Waals surface area (Å²) >= 11 is 0. The van der Waals surface area contributed by atoms with Crippen LogP contribution in [0.5, 0.6) is 0 Å². The first kappa shape index (κ1) is 7.72. The Morgan fingerprint density at radius 2 is 2.36 bits per heavy atom. The number of benzene rings is 1. The molecule has 0 spiro atoms. The summed E-state index contributed by atoms with van der Waals surface area (Å²) in [7, 11) is 0. The zero-order valence-corrected chi connectivity index (χ0v) is 5.96. The molecule has 3 heteroatoms. The van der Waals surface area contributed by atoms with Crippen molar-refractivity contribution >= 4 is 6.72 Å². The molecule has 0 radical (unpaired) electrons. The van der Waals surface area contributed by atoms with Crippen LogP contribution in [-0.4, -0.2) is 6.72 Å². The maximum Gasteiger partial charge on any atom is 0.142 e. The lowest BCUT2D eigenvalue weighted by molar-refractivity contribution is 0.133. The minimum absolute atomic E-state index is 0.265. The molecule has 0 aliphatic heterocycles. The van der Waals surface area contributed by atoms with Gasteiger partial charge in [-0.2, -0.15) is 0 Å². The summed E-state index contributed by atoms with van der Waals surface area (Å²) in [5, 5.41) is 3.19. The summed E-state index contributed by atoms with van der Waals surface area (Å²) in [5.74, 6) is -0.268. The maximum atomic E-state index is 12.5.